The molecular formula is C9H15N. The summed E-state index contributed by atoms with van der Waals surface area (Å²) in [6.45, 7) is 2.68. The standard InChI is InChI=1S/C9H15N/c1-2-7-3-6(1)8-4-10-5-9(7)8/h6-10H,1-5H2/t6?,7?,8-,9?/m0/s1. The normalized spacial score (nSPS) is 57.6. The average Bonchev–Trinajstić information content (AvgIpc) is 2.60. The van der Waals surface area contributed by atoms with E-state index in [1.165, 1.54) is 13.1 Å². The molecule has 10 heavy (non-hydrogen) atoms. The smallest absolute Gasteiger partial charge is 0.00145 e. The van der Waals surface area contributed by atoms with Gasteiger partial charge in [-0.25, -0.2) is 0 Å². The minimum absolute atomic E-state index is 1.10. The summed E-state index contributed by atoms with van der Waals surface area (Å²) in [5, 5.41) is 3.53. The Morgan fingerprint density at radius 3 is 2.10 bits per heavy atom. The predicted octanol–water partition coefficient (Wildman–Crippen LogP) is 1.25. The first-order valence-corrected chi connectivity index (χ1v) is 4.66. The van der Waals surface area contributed by atoms with Gasteiger partial charge in [-0.15, -0.1) is 0 Å². The van der Waals surface area contributed by atoms with Gasteiger partial charge in [0, 0.05) is 0 Å². The Bertz CT molecular complexity index is 139. The SMILES string of the molecule is C1CC2CC1C1CNC[C@@H]21. The van der Waals surface area contributed by atoms with Crippen molar-refractivity contribution >= 4 is 0 Å². The minimum Gasteiger partial charge on any atom is -0.316 e. The Morgan fingerprint density at radius 1 is 0.900 bits per heavy atom. The van der Waals surface area contributed by atoms with Gasteiger partial charge in [0.2, 0.25) is 0 Å². The molecule has 1 saturated heterocycles. The highest BCUT2D eigenvalue weighted by Crippen LogP contribution is 2.53. The van der Waals surface area contributed by atoms with Gasteiger partial charge in [0.1, 0.15) is 0 Å². The second-order valence-corrected chi connectivity index (χ2v) is 4.32. The van der Waals surface area contributed by atoms with Gasteiger partial charge in [-0.2, -0.15) is 0 Å². The molecule has 2 bridgehead atoms. The molecule has 3 unspecified atom stereocenters. The lowest BCUT2D eigenvalue weighted by Crippen LogP contribution is -2.19. The zero-order valence-electron chi connectivity index (χ0n) is 6.34. The van der Waals surface area contributed by atoms with Crippen LogP contribution in [0, 0.1) is 23.7 Å². The molecular weight excluding hydrogens is 122 g/mol. The molecule has 0 amide bonds. The zero-order chi connectivity index (χ0) is 6.55. The van der Waals surface area contributed by atoms with E-state index < -0.39 is 0 Å². The molecule has 1 aliphatic heterocycles. The van der Waals surface area contributed by atoms with Crippen LogP contribution in [-0.2, 0) is 0 Å². The van der Waals surface area contributed by atoms with Crippen molar-refractivity contribution in [3.05, 3.63) is 0 Å². The maximum absolute atomic E-state index is 3.53. The van der Waals surface area contributed by atoms with E-state index in [0.29, 0.717) is 0 Å². The van der Waals surface area contributed by atoms with E-state index in [9.17, 15) is 0 Å². The van der Waals surface area contributed by atoms with Gasteiger partial charge in [-0.05, 0) is 56.0 Å². The van der Waals surface area contributed by atoms with Gasteiger partial charge < -0.3 is 5.32 Å². The highest BCUT2D eigenvalue weighted by atomic mass is 14.9. The van der Waals surface area contributed by atoms with Crippen molar-refractivity contribution in [2.24, 2.45) is 23.7 Å². The van der Waals surface area contributed by atoms with Crippen LogP contribution in [0.1, 0.15) is 19.3 Å². The van der Waals surface area contributed by atoms with Crippen LogP contribution in [0.15, 0.2) is 0 Å². The monoisotopic (exact) mass is 137 g/mol. The molecule has 1 heterocycles. The summed E-state index contributed by atoms with van der Waals surface area (Å²) in [6.07, 6.45) is 4.68. The van der Waals surface area contributed by atoms with Crippen molar-refractivity contribution in [2.75, 3.05) is 13.1 Å². The Labute approximate surface area is 62.2 Å². The first-order chi connectivity index (χ1) is 4.95. The van der Waals surface area contributed by atoms with Crippen LogP contribution < -0.4 is 5.32 Å². The molecule has 1 heteroatoms. The fourth-order valence-electron chi connectivity index (χ4n) is 3.58. The summed E-state index contributed by atoms with van der Waals surface area (Å²) in [7, 11) is 0. The Balaban J connectivity index is 1.92. The predicted molar refractivity (Wildman–Crippen MR) is 40.7 cm³/mol. The molecule has 0 aromatic rings. The Hall–Kier alpha value is -0.0400. The third kappa shape index (κ3) is 0.531. The van der Waals surface area contributed by atoms with Crippen molar-refractivity contribution in [3.8, 4) is 0 Å². The summed E-state index contributed by atoms with van der Waals surface area (Å²) < 4.78 is 0. The van der Waals surface area contributed by atoms with Gasteiger partial charge in [0.05, 0.1) is 0 Å². The van der Waals surface area contributed by atoms with Crippen LogP contribution in [-0.4, -0.2) is 13.1 Å². The van der Waals surface area contributed by atoms with Crippen LogP contribution in [0.2, 0.25) is 0 Å². The van der Waals surface area contributed by atoms with E-state index >= 15 is 0 Å². The van der Waals surface area contributed by atoms with Gasteiger partial charge in [-0.1, -0.05) is 0 Å². The molecule has 2 saturated carbocycles. The van der Waals surface area contributed by atoms with Crippen LogP contribution in [0.4, 0.5) is 0 Å². The van der Waals surface area contributed by atoms with Crippen LogP contribution in [0.25, 0.3) is 0 Å². The molecule has 3 aliphatic rings. The Kier molecular flexibility index (Phi) is 0.984. The molecule has 3 rings (SSSR count). The van der Waals surface area contributed by atoms with Crippen LogP contribution >= 0.6 is 0 Å². The molecule has 4 atom stereocenters. The molecule has 0 aromatic carbocycles. The minimum atomic E-state index is 1.10. The summed E-state index contributed by atoms with van der Waals surface area (Å²) in [4.78, 5) is 0. The second-order valence-electron chi connectivity index (χ2n) is 4.32. The van der Waals surface area contributed by atoms with Crippen molar-refractivity contribution in [3.63, 3.8) is 0 Å². The summed E-state index contributed by atoms with van der Waals surface area (Å²) in [6, 6.07) is 0. The molecule has 1 nitrogen and oxygen atoms in total. The summed E-state index contributed by atoms with van der Waals surface area (Å²) in [5.74, 6) is 4.45. The third-order valence-corrected chi connectivity index (χ3v) is 4.03. The van der Waals surface area contributed by atoms with E-state index in [0.717, 1.165) is 23.7 Å². The second kappa shape index (κ2) is 1.76. The average molecular weight is 137 g/mol. The zero-order valence-corrected chi connectivity index (χ0v) is 6.34. The number of rotatable bonds is 0. The maximum atomic E-state index is 3.53. The molecule has 0 radical (unpaired) electrons. The highest BCUT2D eigenvalue weighted by Gasteiger charge is 2.48. The van der Waals surface area contributed by atoms with Crippen molar-refractivity contribution < 1.29 is 0 Å². The van der Waals surface area contributed by atoms with Crippen molar-refractivity contribution in [1.29, 1.82) is 0 Å². The number of fused-ring (bicyclic) bond motifs is 5. The topological polar surface area (TPSA) is 12.0 Å². The van der Waals surface area contributed by atoms with Crippen LogP contribution in [0.3, 0.4) is 0 Å². The fraction of sp³-hybridized carbons (Fsp3) is 1.00. The number of nitrogens with one attached hydrogen (secondary N) is 1. The number of hydrogen-bond donors (Lipinski definition) is 1. The highest BCUT2D eigenvalue weighted by molar-refractivity contribution is 5.00. The van der Waals surface area contributed by atoms with Crippen molar-refractivity contribution in [1.82, 2.24) is 5.32 Å². The van der Waals surface area contributed by atoms with Gasteiger partial charge in [-0.3, -0.25) is 0 Å². The quantitative estimate of drug-likeness (QED) is 0.530. The Morgan fingerprint density at radius 2 is 1.50 bits per heavy atom. The lowest BCUT2D eigenvalue weighted by Gasteiger charge is -2.22. The molecule has 3 fully saturated rings. The molecule has 2 aliphatic carbocycles. The summed E-state index contributed by atoms with van der Waals surface area (Å²) in [5.41, 5.74) is 0. The first kappa shape index (κ1) is 5.59. The third-order valence-electron chi connectivity index (χ3n) is 4.03. The van der Waals surface area contributed by atoms with Gasteiger partial charge in [0.15, 0.2) is 0 Å². The maximum Gasteiger partial charge on any atom is -0.00145 e. The fourth-order valence-corrected chi connectivity index (χ4v) is 3.58. The molecule has 1 N–H and O–H groups in total. The van der Waals surface area contributed by atoms with Gasteiger partial charge in [0.25, 0.3) is 0 Å². The van der Waals surface area contributed by atoms with E-state index in [-0.39, 0.29) is 0 Å². The van der Waals surface area contributed by atoms with E-state index in [2.05, 4.69) is 5.32 Å². The number of hydrogen-bond acceptors (Lipinski definition) is 1. The van der Waals surface area contributed by atoms with E-state index in [4.69, 9.17) is 0 Å². The molecule has 0 aromatic heterocycles. The van der Waals surface area contributed by atoms with Crippen molar-refractivity contribution in [2.45, 2.75) is 19.3 Å². The largest absolute Gasteiger partial charge is 0.316 e. The lowest BCUT2D eigenvalue weighted by molar-refractivity contribution is 0.281. The van der Waals surface area contributed by atoms with E-state index in [1.807, 2.05) is 0 Å². The van der Waals surface area contributed by atoms with E-state index in [1.54, 1.807) is 19.3 Å². The molecule has 56 valence electrons. The van der Waals surface area contributed by atoms with Crippen LogP contribution in [0.5, 0.6) is 0 Å². The van der Waals surface area contributed by atoms with Gasteiger partial charge >= 0.3 is 0 Å². The first-order valence-electron chi connectivity index (χ1n) is 4.66. The lowest BCUT2D eigenvalue weighted by atomic mass is 9.82. The summed E-state index contributed by atoms with van der Waals surface area (Å²) >= 11 is 0. The molecule has 0 spiro atoms.